The Kier molecular flexibility index (Phi) is 5.21. The zero-order valence-corrected chi connectivity index (χ0v) is 12.2. The summed E-state index contributed by atoms with van der Waals surface area (Å²) >= 11 is 1.71. The third-order valence-electron chi connectivity index (χ3n) is 2.83. The minimum absolute atomic E-state index is 0.0243. The molecular formula is C16H18N2OS. The van der Waals surface area contributed by atoms with Gasteiger partial charge in [-0.05, 0) is 29.8 Å². The van der Waals surface area contributed by atoms with Crippen molar-refractivity contribution in [2.24, 2.45) is 5.73 Å². The summed E-state index contributed by atoms with van der Waals surface area (Å²) in [5.74, 6) is 0.764. The molecule has 0 bridgehead atoms. The average molecular weight is 286 g/mol. The van der Waals surface area contributed by atoms with E-state index < -0.39 is 0 Å². The molecule has 1 amide bonds. The van der Waals surface area contributed by atoms with Gasteiger partial charge in [-0.25, -0.2) is 0 Å². The first kappa shape index (κ1) is 14.6. The summed E-state index contributed by atoms with van der Waals surface area (Å²) in [7, 11) is 0. The lowest BCUT2D eigenvalue weighted by Crippen LogP contribution is -2.12. The van der Waals surface area contributed by atoms with Gasteiger partial charge >= 0.3 is 0 Å². The maximum Gasteiger partial charge on any atom is 0.221 e. The standard InChI is InChI=1S/C16H18N2OS/c1-12(19)18-14-7-9-15(10-8-14)20-11-16(17)13-5-3-2-4-6-13/h2-10,16H,11,17H2,1H3,(H,18,19). The number of thioether (sulfide) groups is 1. The summed E-state index contributed by atoms with van der Waals surface area (Å²) in [4.78, 5) is 12.1. The summed E-state index contributed by atoms with van der Waals surface area (Å²) < 4.78 is 0. The fourth-order valence-electron chi connectivity index (χ4n) is 1.82. The van der Waals surface area contributed by atoms with Gasteiger partial charge in [0.05, 0.1) is 0 Å². The number of carbonyl (C=O) groups is 1. The second kappa shape index (κ2) is 7.12. The molecule has 0 spiro atoms. The number of carbonyl (C=O) groups excluding carboxylic acids is 1. The number of amides is 1. The van der Waals surface area contributed by atoms with Gasteiger partial charge in [0.25, 0.3) is 0 Å². The van der Waals surface area contributed by atoms with Gasteiger partial charge in [-0.1, -0.05) is 30.3 Å². The molecule has 104 valence electrons. The first-order chi connectivity index (χ1) is 9.65. The lowest BCUT2D eigenvalue weighted by molar-refractivity contribution is -0.114. The molecule has 2 aromatic rings. The number of nitrogens with one attached hydrogen (secondary N) is 1. The highest BCUT2D eigenvalue weighted by molar-refractivity contribution is 7.99. The van der Waals surface area contributed by atoms with Gasteiger partial charge in [0, 0.05) is 29.3 Å². The number of nitrogens with two attached hydrogens (primary N) is 1. The molecule has 1 unspecified atom stereocenters. The Labute approximate surface area is 123 Å². The van der Waals surface area contributed by atoms with Crippen molar-refractivity contribution in [3.8, 4) is 0 Å². The molecule has 2 aromatic carbocycles. The fourth-order valence-corrected chi connectivity index (χ4v) is 2.71. The lowest BCUT2D eigenvalue weighted by atomic mass is 10.1. The zero-order chi connectivity index (χ0) is 14.4. The highest BCUT2D eigenvalue weighted by atomic mass is 32.2. The molecule has 0 aliphatic rings. The van der Waals surface area contributed by atoms with Crippen molar-refractivity contribution in [3.63, 3.8) is 0 Å². The van der Waals surface area contributed by atoms with E-state index in [0.717, 1.165) is 21.9 Å². The Morgan fingerprint density at radius 2 is 1.80 bits per heavy atom. The Bertz CT molecular complexity index is 554. The van der Waals surface area contributed by atoms with Crippen LogP contribution >= 0.6 is 11.8 Å². The van der Waals surface area contributed by atoms with E-state index in [0.29, 0.717) is 0 Å². The molecule has 0 fully saturated rings. The van der Waals surface area contributed by atoms with Crippen molar-refractivity contribution < 1.29 is 4.79 Å². The second-order valence-corrected chi connectivity index (χ2v) is 5.63. The van der Waals surface area contributed by atoms with Gasteiger partial charge in [-0.3, -0.25) is 4.79 Å². The SMILES string of the molecule is CC(=O)Nc1ccc(SCC(N)c2ccccc2)cc1. The fraction of sp³-hybridized carbons (Fsp3) is 0.188. The molecular weight excluding hydrogens is 268 g/mol. The second-order valence-electron chi connectivity index (χ2n) is 4.53. The van der Waals surface area contributed by atoms with E-state index in [-0.39, 0.29) is 11.9 Å². The molecule has 0 aliphatic carbocycles. The largest absolute Gasteiger partial charge is 0.326 e. The molecule has 20 heavy (non-hydrogen) atoms. The topological polar surface area (TPSA) is 55.1 Å². The minimum Gasteiger partial charge on any atom is -0.326 e. The van der Waals surface area contributed by atoms with Crippen molar-refractivity contribution in [2.45, 2.75) is 17.9 Å². The van der Waals surface area contributed by atoms with Gasteiger partial charge < -0.3 is 11.1 Å². The van der Waals surface area contributed by atoms with Crippen LogP contribution in [0.15, 0.2) is 59.5 Å². The van der Waals surface area contributed by atoms with Crippen LogP contribution in [0.1, 0.15) is 18.5 Å². The van der Waals surface area contributed by atoms with E-state index in [1.54, 1.807) is 11.8 Å². The normalized spacial score (nSPS) is 11.9. The Morgan fingerprint density at radius 3 is 2.40 bits per heavy atom. The van der Waals surface area contributed by atoms with Crippen LogP contribution in [0.3, 0.4) is 0 Å². The van der Waals surface area contributed by atoms with Crippen molar-refractivity contribution in [2.75, 3.05) is 11.1 Å². The molecule has 3 nitrogen and oxygen atoms in total. The molecule has 0 radical (unpaired) electrons. The van der Waals surface area contributed by atoms with E-state index in [1.807, 2.05) is 54.6 Å². The summed E-state index contributed by atoms with van der Waals surface area (Å²) in [6.07, 6.45) is 0. The summed E-state index contributed by atoms with van der Waals surface area (Å²) in [6, 6.07) is 17.9. The van der Waals surface area contributed by atoms with Crippen molar-refractivity contribution in [1.29, 1.82) is 0 Å². The number of benzene rings is 2. The van der Waals surface area contributed by atoms with E-state index in [4.69, 9.17) is 5.73 Å². The number of hydrogen-bond acceptors (Lipinski definition) is 3. The molecule has 0 aromatic heterocycles. The van der Waals surface area contributed by atoms with E-state index in [9.17, 15) is 4.79 Å². The number of hydrogen-bond donors (Lipinski definition) is 2. The molecule has 1 atom stereocenters. The third kappa shape index (κ3) is 4.40. The first-order valence-electron chi connectivity index (χ1n) is 6.46. The maximum atomic E-state index is 10.9. The van der Waals surface area contributed by atoms with E-state index in [2.05, 4.69) is 5.32 Å². The van der Waals surface area contributed by atoms with Crippen molar-refractivity contribution >= 4 is 23.4 Å². The third-order valence-corrected chi connectivity index (χ3v) is 3.96. The van der Waals surface area contributed by atoms with Crippen molar-refractivity contribution in [3.05, 3.63) is 60.2 Å². The van der Waals surface area contributed by atoms with Gasteiger partial charge in [0.15, 0.2) is 0 Å². The van der Waals surface area contributed by atoms with Gasteiger partial charge in [0.1, 0.15) is 0 Å². The minimum atomic E-state index is -0.0588. The highest BCUT2D eigenvalue weighted by Gasteiger charge is 2.06. The van der Waals surface area contributed by atoms with Crippen LogP contribution < -0.4 is 11.1 Å². The number of rotatable bonds is 5. The maximum absolute atomic E-state index is 10.9. The Hall–Kier alpha value is -1.78. The van der Waals surface area contributed by atoms with Crippen LogP contribution in [0, 0.1) is 0 Å². The Morgan fingerprint density at radius 1 is 1.15 bits per heavy atom. The molecule has 0 saturated heterocycles. The molecule has 0 aliphatic heterocycles. The molecule has 2 rings (SSSR count). The van der Waals surface area contributed by atoms with E-state index >= 15 is 0 Å². The van der Waals surface area contributed by atoms with Crippen LogP contribution in [0.4, 0.5) is 5.69 Å². The number of anilines is 1. The van der Waals surface area contributed by atoms with Crippen LogP contribution in [0.5, 0.6) is 0 Å². The average Bonchev–Trinajstić information content (AvgIpc) is 2.46. The van der Waals surface area contributed by atoms with Crippen LogP contribution in [0.25, 0.3) is 0 Å². The van der Waals surface area contributed by atoms with Gasteiger partial charge in [-0.2, -0.15) is 0 Å². The smallest absolute Gasteiger partial charge is 0.221 e. The van der Waals surface area contributed by atoms with Gasteiger partial charge in [0.2, 0.25) is 5.91 Å². The first-order valence-corrected chi connectivity index (χ1v) is 7.44. The quantitative estimate of drug-likeness (QED) is 0.828. The summed E-state index contributed by atoms with van der Waals surface area (Å²) in [5, 5.41) is 2.75. The Balaban J connectivity index is 1.89. The highest BCUT2D eigenvalue weighted by Crippen LogP contribution is 2.24. The zero-order valence-electron chi connectivity index (χ0n) is 11.4. The molecule has 0 saturated carbocycles. The predicted molar refractivity (Wildman–Crippen MR) is 84.8 cm³/mol. The monoisotopic (exact) mass is 286 g/mol. The molecule has 3 N–H and O–H groups in total. The van der Waals surface area contributed by atoms with Gasteiger partial charge in [-0.15, -0.1) is 11.8 Å². The molecule has 4 heteroatoms. The lowest BCUT2D eigenvalue weighted by Gasteiger charge is -2.11. The van der Waals surface area contributed by atoms with E-state index in [1.165, 1.54) is 6.92 Å². The van der Waals surface area contributed by atoms with Crippen LogP contribution in [-0.2, 0) is 4.79 Å². The summed E-state index contributed by atoms with van der Waals surface area (Å²) in [5.41, 5.74) is 8.12. The molecule has 0 heterocycles. The predicted octanol–water partition coefficient (Wildman–Crippen LogP) is 3.44. The van der Waals surface area contributed by atoms with Crippen LogP contribution in [0.2, 0.25) is 0 Å². The van der Waals surface area contributed by atoms with Crippen molar-refractivity contribution in [1.82, 2.24) is 0 Å². The summed E-state index contributed by atoms with van der Waals surface area (Å²) in [6.45, 7) is 1.50. The van der Waals surface area contributed by atoms with Crippen LogP contribution in [-0.4, -0.2) is 11.7 Å².